The number of fused-ring (bicyclic) bond motifs is 2. The SMILES string of the molecule is CN(c1ccc(-c2c(O)cc(-c3cnnnc3)cc2F)nn1)[C@H]1C[C@]2(C)CC[C@](C)(C1)N2. The van der Waals surface area contributed by atoms with Gasteiger partial charge in [0, 0.05) is 29.7 Å². The predicted molar refractivity (Wildman–Crippen MR) is 119 cm³/mol. The maximum absolute atomic E-state index is 14.9. The second-order valence-electron chi connectivity index (χ2n) is 9.58. The van der Waals surface area contributed by atoms with Crippen molar-refractivity contribution in [2.45, 2.75) is 56.7 Å². The van der Waals surface area contributed by atoms with Crippen LogP contribution in [-0.4, -0.2) is 54.9 Å². The molecule has 166 valence electrons. The van der Waals surface area contributed by atoms with Crippen molar-refractivity contribution in [1.82, 2.24) is 30.9 Å². The van der Waals surface area contributed by atoms with E-state index >= 15 is 0 Å². The van der Waals surface area contributed by atoms with E-state index < -0.39 is 5.82 Å². The van der Waals surface area contributed by atoms with Gasteiger partial charge in [0.25, 0.3) is 0 Å². The number of halogens is 1. The Morgan fingerprint density at radius 2 is 1.72 bits per heavy atom. The maximum Gasteiger partial charge on any atom is 0.151 e. The molecule has 0 unspecified atom stereocenters. The first-order chi connectivity index (χ1) is 15.3. The van der Waals surface area contributed by atoms with E-state index in [1.54, 1.807) is 6.07 Å². The van der Waals surface area contributed by atoms with E-state index in [9.17, 15) is 9.50 Å². The van der Waals surface area contributed by atoms with Gasteiger partial charge in [-0.3, -0.25) is 0 Å². The zero-order chi connectivity index (χ0) is 22.5. The molecule has 0 radical (unpaired) electrons. The Balaban J connectivity index is 1.39. The molecule has 8 nitrogen and oxygen atoms in total. The molecule has 2 N–H and O–H groups in total. The molecule has 3 atom stereocenters. The van der Waals surface area contributed by atoms with Crippen molar-refractivity contribution in [2.75, 3.05) is 11.9 Å². The Morgan fingerprint density at radius 3 is 2.31 bits per heavy atom. The molecule has 0 amide bonds. The lowest BCUT2D eigenvalue weighted by Crippen LogP contribution is -2.58. The van der Waals surface area contributed by atoms with Gasteiger partial charge in [-0.1, -0.05) is 0 Å². The Kier molecular flexibility index (Phi) is 4.81. The van der Waals surface area contributed by atoms with Crippen LogP contribution in [0, 0.1) is 5.82 Å². The molecule has 2 saturated heterocycles. The van der Waals surface area contributed by atoms with Gasteiger partial charge < -0.3 is 15.3 Å². The molecule has 9 heteroatoms. The zero-order valence-electron chi connectivity index (χ0n) is 18.4. The van der Waals surface area contributed by atoms with Crippen LogP contribution >= 0.6 is 0 Å². The maximum atomic E-state index is 14.9. The Labute approximate surface area is 185 Å². The van der Waals surface area contributed by atoms with E-state index in [-0.39, 0.29) is 28.1 Å². The molecule has 0 aliphatic carbocycles. The van der Waals surface area contributed by atoms with Gasteiger partial charge in [0.2, 0.25) is 0 Å². The highest BCUT2D eigenvalue weighted by atomic mass is 19.1. The van der Waals surface area contributed by atoms with E-state index in [0.29, 0.717) is 17.2 Å². The fraction of sp³-hybridized carbons (Fsp3) is 0.435. The highest BCUT2D eigenvalue weighted by molar-refractivity contribution is 5.74. The molecule has 2 fully saturated rings. The Morgan fingerprint density at radius 1 is 1.03 bits per heavy atom. The molecule has 0 saturated carbocycles. The molecular formula is C23H26FN7O. The minimum atomic E-state index is -0.594. The van der Waals surface area contributed by atoms with E-state index in [1.165, 1.54) is 37.4 Å². The summed E-state index contributed by atoms with van der Waals surface area (Å²) < 4.78 is 14.9. The second kappa shape index (κ2) is 7.44. The van der Waals surface area contributed by atoms with Crippen molar-refractivity contribution in [3.8, 4) is 28.1 Å². The molecule has 2 bridgehead atoms. The number of rotatable bonds is 4. The number of benzene rings is 1. The lowest BCUT2D eigenvalue weighted by atomic mass is 9.84. The quantitative estimate of drug-likeness (QED) is 0.644. The molecule has 2 aromatic heterocycles. The molecule has 3 aromatic rings. The summed E-state index contributed by atoms with van der Waals surface area (Å²) >= 11 is 0. The van der Waals surface area contributed by atoms with Gasteiger partial charge in [-0.05, 0) is 74.6 Å². The van der Waals surface area contributed by atoms with E-state index in [2.05, 4.69) is 49.7 Å². The highest BCUT2D eigenvalue weighted by Crippen LogP contribution is 2.44. The van der Waals surface area contributed by atoms with Gasteiger partial charge in [-0.15, -0.1) is 20.4 Å². The third kappa shape index (κ3) is 3.66. The summed E-state index contributed by atoms with van der Waals surface area (Å²) in [5, 5.41) is 33.8. The van der Waals surface area contributed by atoms with Gasteiger partial charge in [0.15, 0.2) is 5.82 Å². The summed E-state index contributed by atoms with van der Waals surface area (Å²) in [6, 6.07) is 6.67. The number of phenols is 1. The average Bonchev–Trinajstić information content (AvgIpc) is 3.00. The van der Waals surface area contributed by atoms with Crippen LogP contribution in [0.2, 0.25) is 0 Å². The van der Waals surface area contributed by atoms with Crippen LogP contribution in [0.25, 0.3) is 22.4 Å². The summed E-state index contributed by atoms with van der Waals surface area (Å²) in [7, 11) is 2.04. The van der Waals surface area contributed by atoms with Gasteiger partial charge in [0.05, 0.1) is 23.7 Å². The second-order valence-corrected chi connectivity index (χ2v) is 9.58. The minimum Gasteiger partial charge on any atom is -0.507 e. The molecule has 0 spiro atoms. The molecular weight excluding hydrogens is 409 g/mol. The van der Waals surface area contributed by atoms with Crippen LogP contribution in [0.3, 0.4) is 0 Å². The van der Waals surface area contributed by atoms with E-state index in [1.807, 2.05) is 13.1 Å². The number of hydrogen-bond donors (Lipinski definition) is 2. The Bertz CT molecular complexity index is 1100. The molecule has 32 heavy (non-hydrogen) atoms. The summed E-state index contributed by atoms with van der Waals surface area (Å²) in [5.74, 6) is -0.0799. The summed E-state index contributed by atoms with van der Waals surface area (Å²) in [4.78, 5) is 2.17. The van der Waals surface area contributed by atoms with Crippen LogP contribution in [-0.2, 0) is 0 Å². The van der Waals surface area contributed by atoms with Gasteiger partial charge in [-0.25, -0.2) is 4.39 Å². The Hall–Kier alpha value is -3.20. The number of piperidine rings is 1. The number of phenolic OH excluding ortho intramolecular Hbond substituents is 1. The van der Waals surface area contributed by atoms with Crippen LogP contribution in [0.5, 0.6) is 5.75 Å². The minimum absolute atomic E-state index is 0.0189. The lowest BCUT2D eigenvalue weighted by molar-refractivity contribution is 0.207. The first-order valence-electron chi connectivity index (χ1n) is 10.8. The summed E-state index contributed by atoms with van der Waals surface area (Å²) in [6.45, 7) is 4.58. The average molecular weight is 436 g/mol. The molecule has 2 aliphatic heterocycles. The van der Waals surface area contributed by atoms with E-state index in [4.69, 9.17) is 0 Å². The van der Waals surface area contributed by atoms with Crippen molar-refractivity contribution in [1.29, 1.82) is 0 Å². The smallest absolute Gasteiger partial charge is 0.151 e. The lowest BCUT2D eigenvalue weighted by Gasteiger charge is -2.45. The number of nitrogens with zero attached hydrogens (tertiary/aromatic N) is 6. The third-order valence-electron chi connectivity index (χ3n) is 6.92. The molecule has 4 heterocycles. The number of hydrogen-bond acceptors (Lipinski definition) is 8. The first-order valence-corrected chi connectivity index (χ1v) is 10.8. The van der Waals surface area contributed by atoms with Crippen LogP contribution in [0.15, 0.2) is 36.7 Å². The molecule has 1 aromatic carbocycles. The van der Waals surface area contributed by atoms with Gasteiger partial charge in [0.1, 0.15) is 11.6 Å². The number of anilines is 1. The van der Waals surface area contributed by atoms with Crippen LogP contribution in [0.1, 0.15) is 39.5 Å². The highest BCUT2D eigenvalue weighted by Gasteiger charge is 2.49. The predicted octanol–water partition coefficient (Wildman–Crippen LogP) is 3.34. The number of aromatic hydroxyl groups is 1. The molecule has 5 rings (SSSR count). The van der Waals surface area contributed by atoms with Gasteiger partial charge in [-0.2, -0.15) is 0 Å². The zero-order valence-corrected chi connectivity index (χ0v) is 18.4. The van der Waals surface area contributed by atoms with Crippen molar-refractivity contribution >= 4 is 5.82 Å². The van der Waals surface area contributed by atoms with Crippen molar-refractivity contribution < 1.29 is 9.50 Å². The topological polar surface area (TPSA) is 100.0 Å². The fourth-order valence-electron chi connectivity index (χ4n) is 5.33. The van der Waals surface area contributed by atoms with Gasteiger partial charge >= 0.3 is 0 Å². The summed E-state index contributed by atoms with van der Waals surface area (Å²) in [5.41, 5.74) is 1.61. The largest absolute Gasteiger partial charge is 0.507 e. The van der Waals surface area contributed by atoms with Crippen LogP contribution < -0.4 is 10.2 Å². The summed E-state index contributed by atoms with van der Waals surface area (Å²) in [6.07, 6.45) is 7.35. The normalized spacial score (nSPS) is 26.8. The monoisotopic (exact) mass is 435 g/mol. The first kappa shape index (κ1) is 20.7. The van der Waals surface area contributed by atoms with Crippen LogP contribution in [0.4, 0.5) is 10.2 Å². The van der Waals surface area contributed by atoms with Crippen molar-refractivity contribution in [2.24, 2.45) is 0 Å². The number of nitrogens with one attached hydrogen (secondary N) is 1. The standard InChI is InChI=1S/C23H26FN7O/c1-22-6-7-23(2,29-22)11-16(10-22)31(3)20-5-4-18(27-28-20)21-17(24)8-14(9-19(21)32)15-12-25-30-26-13-15/h4-5,8-9,12-13,16,29,32H,6-7,10-11H2,1-3H3/t16-,22-,23+. The molecule has 2 aliphatic rings. The van der Waals surface area contributed by atoms with Crippen molar-refractivity contribution in [3.63, 3.8) is 0 Å². The fourth-order valence-corrected chi connectivity index (χ4v) is 5.33. The van der Waals surface area contributed by atoms with Crippen molar-refractivity contribution in [3.05, 3.63) is 42.5 Å². The van der Waals surface area contributed by atoms with E-state index in [0.717, 1.165) is 18.7 Å². The third-order valence-corrected chi connectivity index (χ3v) is 6.92. The number of aromatic nitrogens is 5.